The molecule has 0 aromatic carbocycles. The summed E-state index contributed by atoms with van der Waals surface area (Å²) in [5.74, 6) is 0.197. The Morgan fingerprint density at radius 2 is 2.32 bits per heavy atom. The number of aryl methyl sites for hydroxylation is 2. The van der Waals surface area contributed by atoms with Crippen LogP contribution in [0.3, 0.4) is 0 Å². The number of nitrogens with zero attached hydrogens (tertiary/aromatic N) is 3. The van der Waals surface area contributed by atoms with E-state index in [1.165, 1.54) is 0 Å². The smallest absolute Gasteiger partial charge is 0.255 e. The van der Waals surface area contributed by atoms with Crippen molar-refractivity contribution >= 4 is 5.91 Å². The summed E-state index contributed by atoms with van der Waals surface area (Å²) >= 11 is 0. The first-order valence-electron chi connectivity index (χ1n) is 6.83. The lowest BCUT2D eigenvalue weighted by atomic mass is 10.0. The minimum Gasteiger partial charge on any atom is -0.393 e. The molecule has 0 bridgehead atoms. The predicted octanol–water partition coefficient (Wildman–Crippen LogP) is 1.19. The van der Waals surface area contributed by atoms with E-state index < -0.39 is 0 Å². The fraction of sp³-hybridized carbons (Fsp3) is 0.643. The highest BCUT2D eigenvalue weighted by atomic mass is 16.3. The molecule has 1 aromatic rings. The minimum atomic E-state index is -0.360. The zero-order valence-corrected chi connectivity index (χ0v) is 11.8. The van der Waals surface area contributed by atoms with Crippen LogP contribution in [0.2, 0.25) is 0 Å². The molecule has 0 spiro atoms. The van der Waals surface area contributed by atoms with Crippen LogP contribution >= 0.6 is 0 Å². The predicted molar refractivity (Wildman–Crippen MR) is 71.8 cm³/mol. The zero-order chi connectivity index (χ0) is 14.0. The summed E-state index contributed by atoms with van der Waals surface area (Å²) in [5.41, 5.74) is 2.16. The summed E-state index contributed by atoms with van der Waals surface area (Å²) in [6, 6.07) is 1.81. The molecule has 0 aliphatic carbocycles. The topological polar surface area (TPSA) is 66.3 Å². The van der Waals surface area contributed by atoms with Crippen molar-refractivity contribution < 1.29 is 9.90 Å². The fourth-order valence-corrected chi connectivity index (χ4v) is 2.50. The third-order valence-corrected chi connectivity index (χ3v) is 3.75. The molecule has 5 nitrogen and oxygen atoms in total. The maximum absolute atomic E-state index is 12.5. The molecule has 0 radical (unpaired) electrons. The first-order chi connectivity index (χ1) is 9.02. The maximum Gasteiger partial charge on any atom is 0.255 e. The molecule has 2 heterocycles. The van der Waals surface area contributed by atoms with Gasteiger partial charge in [-0.3, -0.25) is 4.79 Å². The van der Waals surface area contributed by atoms with E-state index in [2.05, 4.69) is 10.2 Å². The number of likely N-dealkylation sites (tertiary alicyclic amines) is 1. The molecule has 1 aliphatic rings. The van der Waals surface area contributed by atoms with Crippen LogP contribution in [0.15, 0.2) is 6.07 Å². The number of aliphatic hydroxyl groups excluding tert-OH is 1. The van der Waals surface area contributed by atoms with Gasteiger partial charge in [-0.05, 0) is 32.8 Å². The summed E-state index contributed by atoms with van der Waals surface area (Å²) < 4.78 is 0. The molecule has 1 saturated heterocycles. The number of hydrogen-bond acceptors (Lipinski definition) is 4. The van der Waals surface area contributed by atoms with E-state index in [9.17, 15) is 9.90 Å². The van der Waals surface area contributed by atoms with Crippen LogP contribution in [0.1, 0.15) is 42.0 Å². The Bertz CT molecular complexity index is 474. The Hall–Kier alpha value is -1.49. The largest absolute Gasteiger partial charge is 0.393 e. The van der Waals surface area contributed by atoms with Crippen LogP contribution in [0.4, 0.5) is 0 Å². The molecular weight excluding hydrogens is 242 g/mol. The second-order valence-electron chi connectivity index (χ2n) is 5.24. The molecule has 2 atom stereocenters. The van der Waals surface area contributed by atoms with Gasteiger partial charge in [0.15, 0.2) is 0 Å². The lowest BCUT2D eigenvalue weighted by molar-refractivity contribution is 0.0760. The fourth-order valence-electron chi connectivity index (χ4n) is 2.50. The summed E-state index contributed by atoms with van der Waals surface area (Å²) in [6.07, 6.45) is 1.20. The second-order valence-corrected chi connectivity index (χ2v) is 5.24. The lowest BCUT2D eigenvalue weighted by Crippen LogP contribution is -2.31. The Morgan fingerprint density at radius 1 is 1.58 bits per heavy atom. The van der Waals surface area contributed by atoms with Gasteiger partial charge in [-0.1, -0.05) is 6.92 Å². The van der Waals surface area contributed by atoms with E-state index >= 15 is 0 Å². The van der Waals surface area contributed by atoms with Crippen molar-refractivity contribution in [2.45, 2.75) is 39.7 Å². The number of aromatic nitrogens is 2. The zero-order valence-electron chi connectivity index (χ0n) is 11.8. The Labute approximate surface area is 113 Å². The number of aliphatic hydroxyl groups is 1. The molecule has 1 amide bonds. The van der Waals surface area contributed by atoms with Gasteiger partial charge >= 0.3 is 0 Å². The van der Waals surface area contributed by atoms with Gasteiger partial charge in [0, 0.05) is 19.0 Å². The summed E-state index contributed by atoms with van der Waals surface area (Å²) in [7, 11) is 0. The van der Waals surface area contributed by atoms with Gasteiger partial charge in [0.2, 0.25) is 0 Å². The van der Waals surface area contributed by atoms with E-state index in [4.69, 9.17) is 0 Å². The van der Waals surface area contributed by atoms with Gasteiger partial charge in [0.25, 0.3) is 5.91 Å². The highest BCUT2D eigenvalue weighted by Crippen LogP contribution is 2.22. The highest BCUT2D eigenvalue weighted by Gasteiger charge is 2.30. The molecule has 1 aromatic heterocycles. The normalized spacial score (nSPS) is 20.6. The quantitative estimate of drug-likeness (QED) is 0.889. The molecule has 1 N–H and O–H groups in total. The third kappa shape index (κ3) is 2.92. The first kappa shape index (κ1) is 13.9. The van der Waals surface area contributed by atoms with Crippen LogP contribution in [0.25, 0.3) is 0 Å². The van der Waals surface area contributed by atoms with Gasteiger partial charge in [-0.25, -0.2) is 0 Å². The van der Waals surface area contributed by atoms with E-state index in [0.717, 1.165) is 17.8 Å². The van der Waals surface area contributed by atoms with Gasteiger partial charge in [-0.15, -0.1) is 0 Å². The second kappa shape index (κ2) is 5.65. The van der Waals surface area contributed by atoms with Gasteiger partial charge in [-0.2, -0.15) is 10.2 Å². The summed E-state index contributed by atoms with van der Waals surface area (Å²) in [4.78, 5) is 14.3. The Kier molecular flexibility index (Phi) is 4.14. The van der Waals surface area contributed by atoms with E-state index in [1.54, 1.807) is 6.92 Å². The van der Waals surface area contributed by atoms with Crippen molar-refractivity contribution in [1.29, 1.82) is 0 Å². The molecule has 19 heavy (non-hydrogen) atoms. The van der Waals surface area contributed by atoms with Crippen LogP contribution in [-0.2, 0) is 6.42 Å². The molecule has 104 valence electrons. The Morgan fingerprint density at radius 3 is 2.89 bits per heavy atom. The number of rotatable bonds is 3. The summed E-state index contributed by atoms with van der Waals surface area (Å²) in [6.45, 7) is 6.93. The molecule has 1 fully saturated rings. The number of carbonyl (C=O) groups is 1. The van der Waals surface area contributed by atoms with Crippen molar-refractivity contribution in [3.05, 3.63) is 23.0 Å². The highest BCUT2D eigenvalue weighted by molar-refractivity contribution is 5.95. The van der Waals surface area contributed by atoms with Crippen molar-refractivity contribution in [3.8, 4) is 0 Å². The van der Waals surface area contributed by atoms with Crippen LogP contribution in [-0.4, -0.2) is 45.3 Å². The van der Waals surface area contributed by atoms with E-state index in [-0.39, 0.29) is 17.9 Å². The van der Waals surface area contributed by atoms with Crippen molar-refractivity contribution in [3.63, 3.8) is 0 Å². The third-order valence-electron chi connectivity index (χ3n) is 3.75. The molecule has 2 rings (SSSR count). The average molecular weight is 263 g/mol. The van der Waals surface area contributed by atoms with Gasteiger partial charge in [0.05, 0.1) is 23.1 Å². The maximum atomic E-state index is 12.5. The SMILES string of the molecule is CCc1nnc(C)cc1C(=O)N1CCC(C(C)O)C1. The van der Waals surface area contributed by atoms with Crippen LogP contribution in [0, 0.1) is 12.8 Å². The van der Waals surface area contributed by atoms with Crippen LogP contribution < -0.4 is 0 Å². The molecule has 0 saturated carbocycles. The first-order valence-corrected chi connectivity index (χ1v) is 6.83. The standard InChI is InChI=1S/C14H21N3O2/c1-4-13-12(7-9(2)15-16-13)14(19)17-6-5-11(8-17)10(3)18/h7,10-11,18H,4-6,8H2,1-3H3. The minimum absolute atomic E-state index is 0.0120. The average Bonchev–Trinajstić information content (AvgIpc) is 2.87. The van der Waals surface area contributed by atoms with Crippen molar-refractivity contribution in [2.24, 2.45) is 5.92 Å². The van der Waals surface area contributed by atoms with Gasteiger partial charge < -0.3 is 10.0 Å². The Balaban J connectivity index is 2.19. The summed E-state index contributed by atoms with van der Waals surface area (Å²) in [5, 5.41) is 17.7. The number of amides is 1. The van der Waals surface area contributed by atoms with Crippen molar-refractivity contribution in [1.82, 2.24) is 15.1 Å². The lowest BCUT2D eigenvalue weighted by Gasteiger charge is -2.19. The molecule has 1 aliphatic heterocycles. The van der Waals surface area contributed by atoms with E-state index in [1.807, 2.05) is 24.8 Å². The number of carbonyl (C=O) groups excluding carboxylic acids is 1. The van der Waals surface area contributed by atoms with Gasteiger partial charge in [0.1, 0.15) is 0 Å². The number of hydrogen-bond donors (Lipinski definition) is 1. The molecular formula is C14H21N3O2. The van der Waals surface area contributed by atoms with Crippen molar-refractivity contribution in [2.75, 3.05) is 13.1 Å². The molecule has 5 heteroatoms. The van der Waals surface area contributed by atoms with E-state index in [0.29, 0.717) is 25.1 Å². The van der Waals surface area contributed by atoms with Crippen LogP contribution in [0.5, 0.6) is 0 Å². The molecule has 2 unspecified atom stereocenters. The monoisotopic (exact) mass is 263 g/mol.